The Hall–Kier alpha value is -0.690. The molecule has 8 heteroatoms. The second-order valence-corrected chi connectivity index (χ2v) is 3.66. The van der Waals surface area contributed by atoms with Crippen molar-refractivity contribution in [1.29, 1.82) is 0 Å². The maximum atomic E-state index is 10.6. The third-order valence-corrected chi connectivity index (χ3v) is 2.24. The first-order valence-corrected chi connectivity index (χ1v) is 4.48. The van der Waals surface area contributed by atoms with Crippen molar-refractivity contribution >= 4 is 46.3 Å². The van der Waals surface area contributed by atoms with Gasteiger partial charge in [-0.25, -0.2) is 0 Å². The van der Waals surface area contributed by atoms with Crippen LogP contribution in [-0.4, -0.2) is 13.0 Å². The number of nitrogen functional groups attached to an aromatic ring is 2. The summed E-state index contributed by atoms with van der Waals surface area (Å²) >= 11 is 0. The monoisotopic (exact) mass is 260 g/mol. The van der Waals surface area contributed by atoms with Crippen molar-refractivity contribution in [2.24, 2.45) is 0 Å². The zero-order valence-electron chi connectivity index (χ0n) is 6.88. The maximum Gasteiger partial charge on any atom is 0.296 e. The van der Waals surface area contributed by atoms with Crippen molar-refractivity contribution in [2.45, 2.75) is 4.90 Å². The quantitative estimate of drug-likeness (QED) is 0.515. The van der Waals surface area contributed by atoms with Gasteiger partial charge in [0.25, 0.3) is 10.1 Å². The summed E-state index contributed by atoms with van der Waals surface area (Å²) in [6.07, 6.45) is 0. The van der Waals surface area contributed by atoms with Crippen LogP contribution in [0.15, 0.2) is 23.1 Å². The van der Waals surface area contributed by atoms with E-state index in [-0.39, 0.29) is 35.4 Å². The van der Waals surface area contributed by atoms with Crippen LogP contribution in [0.5, 0.6) is 0 Å². The van der Waals surface area contributed by atoms with E-state index >= 15 is 0 Å². The summed E-state index contributed by atoms with van der Waals surface area (Å²) < 4.78 is 29.8. The van der Waals surface area contributed by atoms with Gasteiger partial charge in [-0.15, -0.1) is 24.8 Å². The maximum absolute atomic E-state index is 10.6. The summed E-state index contributed by atoms with van der Waals surface area (Å²) in [5.41, 5.74) is 10.9. The molecule has 0 aromatic heterocycles. The van der Waals surface area contributed by atoms with E-state index in [0.717, 1.165) is 6.07 Å². The molecule has 0 spiro atoms. The van der Waals surface area contributed by atoms with Crippen LogP contribution in [0.4, 0.5) is 11.4 Å². The first-order valence-electron chi connectivity index (χ1n) is 3.04. The number of rotatable bonds is 1. The summed E-state index contributed by atoms with van der Waals surface area (Å²) in [6.45, 7) is 0. The van der Waals surface area contributed by atoms with Crippen LogP contribution in [0.25, 0.3) is 0 Å². The number of halogens is 2. The number of hydrogen-bond donors (Lipinski definition) is 3. The molecule has 0 saturated heterocycles. The fourth-order valence-corrected chi connectivity index (χ4v) is 1.40. The smallest absolute Gasteiger partial charge is 0.296 e. The molecule has 1 aromatic rings. The van der Waals surface area contributed by atoms with Crippen molar-refractivity contribution in [3.63, 3.8) is 0 Å². The van der Waals surface area contributed by atoms with E-state index in [4.69, 9.17) is 16.0 Å². The Kier molecular flexibility index (Phi) is 5.92. The molecule has 0 saturated carbocycles. The Morgan fingerprint density at radius 3 is 2.00 bits per heavy atom. The number of nitrogens with two attached hydrogens (primary N) is 2. The number of benzene rings is 1. The van der Waals surface area contributed by atoms with E-state index in [9.17, 15) is 8.42 Å². The summed E-state index contributed by atoms with van der Waals surface area (Å²) in [4.78, 5) is -0.322. The SMILES string of the molecule is Cl.Cl.Nc1ccc(S(=O)(=O)O)c(N)c1. The Morgan fingerprint density at radius 2 is 1.64 bits per heavy atom. The van der Waals surface area contributed by atoms with Crippen molar-refractivity contribution in [3.8, 4) is 0 Å². The fourth-order valence-electron chi connectivity index (χ4n) is 0.802. The zero-order valence-corrected chi connectivity index (χ0v) is 9.32. The standard InChI is InChI=1S/C6H8N2O3S.2ClH/c7-4-1-2-6(5(8)3-4)12(9,10)11;;/h1-3H,7-8H2,(H,9,10,11);2*1H. The molecule has 0 radical (unpaired) electrons. The molecule has 5 nitrogen and oxygen atoms in total. The average Bonchev–Trinajstić information content (AvgIpc) is 1.83. The second-order valence-electron chi connectivity index (χ2n) is 2.27. The van der Waals surface area contributed by atoms with Crippen LogP contribution < -0.4 is 11.5 Å². The minimum Gasteiger partial charge on any atom is -0.399 e. The minimum absolute atomic E-state index is 0. The van der Waals surface area contributed by atoms with Crippen LogP contribution in [0.3, 0.4) is 0 Å². The molecule has 5 N–H and O–H groups in total. The van der Waals surface area contributed by atoms with E-state index in [1.165, 1.54) is 12.1 Å². The van der Waals surface area contributed by atoms with Gasteiger partial charge in [0.05, 0.1) is 5.69 Å². The zero-order chi connectivity index (χ0) is 9.35. The molecule has 0 unspecified atom stereocenters. The Bertz CT molecular complexity index is 408. The minimum atomic E-state index is -4.23. The second kappa shape index (κ2) is 5.26. The predicted molar refractivity (Wildman–Crippen MR) is 59.6 cm³/mol. The summed E-state index contributed by atoms with van der Waals surface area (Å²) in [6, 6.07) is 3.77. The van der Waals surface area contributed by atoms with Gasteiger partial charge in [-0.1, -0.05) is 0 Å². The predicted octanol–water partition coefficient (Wildman–Crippen LogP) is 0.941. The molecular weight excluding hydrogens is 251 g/mol. The van der Waals surface area contributed by atoms with E-state index < -0.39 is 10.1 Å². The van der Waals surface area contributed by atoms with Crippen LogP contribution in [0.1, 0.15) is 0 Å². The average molecular weight is 261 g/mol. The molecular formula is C6H10Cl2N2O3S. The molecule has 1 aromatic carbocycles. The lowest BCUT2D eigenvalue weighted by atomic mass is 10.3. The molecule has 0 fully saturated rings. The molecule has 0 aliphatic rings. The van der Waals surface area contributed by atoms with E-state index in [1.807, 2.05) is 0 Å². The van der Waals surface area contributed by atoms with Crippen molar-refractivity contribution < 1.29 is 13.0 Å². The highest BCUT2D eigenvalue weighted by Crippen LogP contribution is 2.19. The molecule has 14 heavy (non-hydrogen) atoms. The first-order chi connectivity index (χ1) is 5.41. The third kappa shape index (κ3) is 3.59. The highest BCUT2D eigenvalue weighted by atomic mass is 35.5. The lowest BCUT2D eigenvalue weighted by Gasteiger charge is -2.01. The van der Waals surface area contributed by atoms with Crippen molar-refractivity contribution in [3.05, 3.63) is 18.2 Å². The van der Waals surface area contributed by atoms with Gasteiger partial charge in [0.15, 0.2) is 0 Å². The molecule has 0 bridgehead atoms. The highest BCUT2D eigenvalue weighted by molar-refractivity contribution is 7.86. The van der Waals surface area contributed by atoms with Crippen molar-refractivity contribution in [1.82, 2.24) is 0 Å². The van der Waals surface area contributed by atoms with Gasteiger partial charge < -0.3 is 11.5 Å². The summed E-state index contributed by atoms with van der Waals surface area (Å²) in [7, 11) is -4.23. The Morgan fingerprint density at radius 1 is 1.14 bits per heavy atom. The lowest BCUT2D eigenvalue weighted by molar-refractivity contribution is 0.483. The van der Waals surface area contributed by atoms with Gasteiger partial charge in [0.2, 0.25) is 0 Å². The Balaban J connectivity index is 0. The summed E-state index contributed by atoms with van der Waals surface area (Å²) in [5.74, 6) is 0. The first kappa shape index (κ1) is 15.8. The Labute approximate surface area is 94.0 Å². The van der Waals surface area contributed by atoms with Crippen LogP contribution in [0, 0.1) is 0 Å². The molecule has 82 valence electrons. The van der Waals surface area contributed by atoms with Crippen molar-refractivity contribution in [2.75, 3.05) is 11.5 Å². The van der Waals surface area contributed by atoms with Gasteiger partial charge in [-0.3, -0.25) is 4.55 Å². The molecule has 0 aliphatic carbocycles. The van der Waals surface area contributed by atoms with Gasteiger partial charge in [-0.2, -0.15) is 8.42 Å². The topological polar surface area (TPSA) is 106 Å². The normalized spacial score (nSPS) is 9.79. The third-order valence-electron chi connectivity index (χ3n) is 1.31. The lowest BCUT2D eigenvalue weighted by Crippen LogP contribution is -2.03. The summed E-state index contributed by atoms with van der Waals surface area (Å²) in [5, 5.41) is 0. The van der Waals surface area contributed by atoms with E-state index in [0.29, 0.717) is 5.69 Å². The van der Waals surface area contributed by atoms with Gasteiger partial charge in [0, 0.05) is 5.69 Å². The number of hydrogen-bond acceptors (Lipinski definition) is 4. The van der Waals surface area contributed by atoms with Crippen LogP contribution in [0.2, 0.25) is 0 Å². The molecule has 1 rings (SSSR count). The highest BCUT2D eigenvalue weighted by Gasteiger charge is 2.12. The van der Waals surface area contributed by atoms with E-state index in [1.54, 1.807) is 0 Å². The largest absolute Gasteiger partial charge is 0.399 e. The molecule has 0 aliphatic heterocycles. The molecule has 0 atom stereocenters. The fraction of sp³-hybridized carbons (Fsp3) is 0. The molecule has 0 amide bonds. The van der Waals surface area contributed by atoms with E-state index in [2.05, 4.69) is 0 Å². The van der Waals surface area contributed by atoms with Gasteiger partial charge in [0.1, 0.15) is 4.90 Å². The molecule has 0 heterocycles. The van der Waals surface area contributed by atoms with Crippen LogP contribution in [-0.2, 0) is 10.1 Å². The number of anilines is 2. The van der Waals surface area contributed by atoms with Gasteiger partial charge >= 0.3 is 0 Å². The van der Waals surface area contributed by atoms with Crippen LogP contribution >= 0.6 is 24.8 Å². The van der Waals surface area contributed by atoms with Gasteiger partial charge in [-0.05, 0) is 18.2 Å².